The largest absolute Gasteiger partial charge is 0.350 e. The van der Waals surface area contributed by atoms with E-state index in [4.69, 9.17) is 0 Å². The Morgan fingerprint density at radius 2 is 2.08 bits per heavy atom. The van der Waals surface area contributed by atoms with Crippen LogP contribution < -0.4 is 5.32 Å². The minimum Gasteiger partial charge on any atom is -0.350 e. The highest BCUT2D eigenvalue weighted by molar-refractivity contribution is 7.13. The highest BCUT2D eigenvalue weighted by Gasteiger charge is 2.10. The molecule has 4 aromatic rings. The van der Waals surface area contributed by atoms with Crippen LogP contribution >= 0.6 is 11.3 Å². The van der Waals surface area contributed by atoms with Crippen molar-refractivity contribution in [1.82, 2.24) is 35.5 Å². The quantitative estimate of drug-likeness (QED) is 0.568. The molecule has 0 bridgehead atoms. The lowest BCUT2D eigenvalue weighted by Gasteiger charge is -2.03. The molecule has 1 amide bonds. The lowest BCUT2D eigenvalue weighted by Crippen LogP contribution is -2.26. The Morgan fingerprint density at radius 3 is 2.96 bits per heavy atom. The molecular formula is C16H13N7OS. The Labute approximate surface area is 146 Å². The molecule has 0 unspecified atom stereocenters. The number of pyridine rings is 1. The molecule has 0 aliphatic rings. The van der Waals surface area contributed by atoms with Gasteiger partial charge in [0.25, 0.3) is 5.91 Å². The van der Waals surface area contributed by atoms with E-state index in [0.29, 0.717) is 30.1 Å². The standard InChI is InChI=1S/C16H13N7OS/c24-15(12-3-2-10-8-20-23-13(10)22-12)19-7-4-11-9-25-16(21-11)14-17-5-1-6-18-14/h1-3,5-6,8-9H,4,7H2,(H,19,24)(H,20,22,23). The third-order valence-corrected chi connectivity index (χ3v) is 4.40. The zero-order valence-corrected chi connectivity index (χ0v) is 13.8. The Bertz CT molecular complexity index is 1010. The van der Waals surface area contributed by atoms with Crippen LogP contribution in [0.5, 0.6) is 0 Å². The van der Waals surface area contributed by atoms with E-state index in [-0.39, 0.29) is 5.91 Å². The van der Waals surface area contributed by atoms with E-state index in [2.05, 4.69) is 35.5 Å². The van der Waals surface area contributed by atoms with E-state index < -0.39 is 0 Å². The highest BCUT2D eigenvalue weighted by Crippen LogP contribution is 2.19. The molecule has 9 heteroatoms. The van der Waals surface area contributed by atoms with E-state index in [1.54, 1.807) is 30.7 Å². The number of nitrogens with one attached hydrogen (secondary N) is 2. The van der Waals surface area contributed by atoms with Crippen molar-refractivity contribution in [3.8, 4) is 10.8 Å². The summed E-state index contributed by atoms with van der Waals surface area (Å²) in [6.45, 7) is 0.473. The first-order valence-electron chi connectivity index (χ1n) is 7.60. The number of rotatable bonds is 5. The van der Waals surface area contributed by atoms with Crippen LogP contribution in [0.15, 0.2) is 42.2 Å². The fourth-order valence-corrected chi connectivity index (χ4v) is 3.08. The number of aromatic nitrogens is 6. The van der Waals surface area contributed by atoms with Crippen LogP contribution in [0.25, 0.3) is 21.9 Å². The van der Waals surface area contributed by atoms with Gasteiger partial charge in [0, 0.05) is 36.1 Å². The van der Waals surface area contributed by atoms with Crippen LogP contribution in [0.4, 0.5) is 0 Å². The minimum atomic E-state index is -0.224. The van der Waals surface area contributed by atoms with Crippen LogP contribution in [0, 0.1) is 0 Å². The van der Waals surface area contributed by atoms with Crippen molar-refractivity contribution < 1.29 is 4.79 Å². The van der Waals surface area contributed by atoms with Gasteiger partial charge in [0.05, 0.1) is 11.9 Å². The van der Waals surface area contributed by atoms with Crippen molar-refractivity contribution >= 4 is 28.3 Å². The van der Waals surface area contributed by atoms with Crippen molar-refractivity contribution in [2.24, 2.45) is 0 Å². The summed E-state index contributed by atoms with van der Waals surface area (Å²) in [6.07, 6.45) is 5.67. The van der Waals surface area contributed by atoms with Crippen LogP contribution in [0.2, 0.25) is 0 Å². The van der Waals surface area contributed by atoms with E-state index in [1.807, 2.05) is 11.4 Å². The first kappa shape index (κ1) is 15.3. The molecule has 2 N–H and O–H groups in total. The van der Waals surface area contributed by atoms with Crippen molar-refractivity contribution in [2.75, 3.05) is 6.54 Å². The van der Waals surface area contributed by atoms with Gasteiger partial charge < -0.3 is 5.32 Å². The van der Waals surface area contributed by atoms with E-state index in [1.165, 1.54) is 11.3 Å². The highest BCUT2D eigenvalue weighted by atomic mass is 32.1. The van der Waals surface area contributed by atoms with Gasteiger partial charge in [-0.15, -0.1) is 11.3 Å². The summed E-state index contributed by atoms with van der Waals surface area (Å²) in [4.78, 5) is 29.3. The molecule has 0 atom stereocenters. The number of H-pyrrole nitrogens is 1. The van der Waals surface area contributed by atoms with Crippen molar-refractivity contribution in [3.05, 3.63) is 53.6 Å². The number of fused-ring (bicyclic) bond motifs is 1. The Hall–Kier alpha value is -3.20. The molecule has 4 aromatic heterocycles. The maximum absolute atomic E-state index is 12.2. The molecule has 25 heavy (non-hydrogen) atoms. The van der Waals surface area contributed by atoms with E-state index in [0.717, 1.165) is 16.1 Å². The zero-order valence-electron chi connectivity index (χ0n) is 13.0. The average Bonchev–Trinajstić information content (AvgIpc) is 3.31. The monoisotopic (exact) mass is 351 g/mol. The van der Waals surface area contributed by atoms with Gasteiger partial charge in [-0.05, 0) is 18.2 Å². The van der Waals surface area contributed by atoms with E-state index >= 15 is 0 Å². The number of thiazole rings is 1. The summed E-state index contributed by atoms with van der Waals surface area (Å²) in [5.41, 5.74) is 1.85. The normalized spacial score (nSPS) is 10.9. The van der Waals surface area contributed by atoms with Crippen LogP contribution in [-0.2, 0) is 6.42 Å². The number of hydrogen-bond acceptors (Lipinski definition) is 7. The van der Waals surface area contributed by atoms with Crippen LogP contribution in [-0.4, -0.2) is 42.6 Å². The predicted octanol–water partition coefficient (Wildman–Crippen LogP) is 1.84. The van der Waals surface area contributed by atoms with E-state index in [9.17, 15) is 4.79 Å². The molecule has 0 aliphatic heterocycles. The van der Waals surface area contributed by atoms with Crippen molar-refractivity contribution in [1.29, 1.82) is 0 Å². The molecule has 0 radical (unpaired) electrons. The SMILES string of the molecule is O=C(NCCc1csc(-c2ncccn2)n1)c1ccc2cn[nH]c2n1. The van der Waals surface area contributed by atoms with Crippen LogP contribution in [0.1, 0.15) is 16.2 Å². The summed E-state index contributed by atoms with van der Waals surface area (Å²) in [5.74, 6) is 0.387. The maximum atomic E-state index is 12.2. The molecule has 0 aromatic carbocycles. The Kier molecular flexibility index (Phi) is 4.13. The summed E-state index contributed by atoms with van der Waals surface area (Å²) >= 11 is 1.49. The predicted molar refractivity (Wildman–Crippen MR) is 93.1 cm³/mol. The first-order valence-corrected chi connectivity index (χ1v) is 8.48. The van der Waals surface area contributed by atoms with Crippen LogP contribution in [0.3, 0.4) is 0 Å². The molecule has 4 heterocycles. The zero-order chi connectivity index (χ0) is 17.1. The molecule has 124 valence electrons. The molecule has 0 saturated carbocycles. The number of hydrogen-bond donors (Lipinski definition) is 2. The summed E-state index contributed by atoms with van der Waals surface area (Å²) < 4.78 is 0. The first-order chi connectivity index (χ1) is 12.3. The Morgan fingerprint density at radius 1 is 1.20 bits per heavy atom. The summed E-state index contributed by atoms with van der Waals surface area (Å²) in [7, 11) is 0. The maximum Gasteiger partial charge on any atom is 0.269 e. The topological polar surface area (TPSA) is 109 Å². The fourth-order valence-electron chi connectivity index (χ4n) is 2.28. The minimum absolute atomic E-state index is 0.224. The average molecular weight is 351 g/mol. The van der Waals surface area contributed by atoms with Gasteiger partial charge in [0.1, 0.15) is 5.69 Å². The third kappa shape index (κ3) is 3.36. The third-order valence-electron chi connectivity index (χ3n) is 3.51. The number of aromatic amines is 1. The second-order valence-electron chi connectivity index (χ2n) is 5.23. The second-order valence-corrected chi connectivity index (χ2v) is 6.08. The molecule has 0 saturated heterocycles. The lowest BCUT2D eigenvalue weighted by molar-refractivity contribution is 0.0949. The Balaban J connectivity index is 1.36. The van der Waals surface area contributed by atoms with Gasteiger partial charge >= 0.3 is 0 Å². The summed E-state index contributed by atoms with van der Waals surface area (Å²) in [5, 5.41) is 13.1. The van der Waals surface area contributed by atoms with Gasteiger partial charge in [0.2, 0.25) is 0 Å². The fraction of sp³-hybridized carbons (Fsp3) is 0.125. The molecular weight excluding hydrogens is 338 g/mol. The molecule has 0 aliphatic carbocycles. The molecule has 4 rings (SSSR count). The van der Waals surface area contributed by atoms with Gasteiger partial charge in [-0.1, -0.05) is 0 Å². The molecule has 0 spiro atoms. The van der Waals surface area contributed by atoms with Crippen molar-refractivity contribution in [2.45, 2.75) is 6.42 Å². The van der Waals surface area contributed by atoms with Gasteiger partial charge in [-0.3, -0.25) is 9.89 Å². The molecule has 0 fully saturated rings. The summed E-state index contributed by atoms with van der Waals surface area (Å²) in [6, 6.07) is 5.26. The smallest absolute Gasteiger partial charge is 0.269 e. The number of carbonyl (C=O) groups excluding carboxylic acids is 1. The molecule has 8 nitrogen and oxygen atoms in total. The lowest BCUT2D eigenvalue weighted by atomic mass is 10.3. The van der Waals surface area contributed by atoms with Gasteiger partial charge in [-0.25, -0.2) is 19.9 Å². The number of amides is 1. The van der Waals surface area contributed by atoms with Gasteiger partial charge in [0.15, 0.2) is 16.5 Å². The van der Waals surface area contributed by atoms with Gasteiger partial charge in [-0.2, -0.15) is 5.10 Å². The number of carbonyl (C=O) groups is 1. The van der Waals surface area contributed by atoms with Crippen molar-refractivity contribution in [3.63, 3.8) is 0 Å². The second kappa shape index (κ2) is 6.73. The number of nitrogens with zero attached hydrogens (tertiary/aromatic N) is 5.